The first-order valence-electron chi connectivity index (χ1n) is 8.92. The van der Waals surface area contributed by atoms with Crippen LogP contribution in [-0.4, -0.2) is 50.0 Å². The highest BCUT2D eigenvalue weighted by Crippen LogP contribution is 2.23. The van der Waals surface area contributed by atoms with Crippen molar-refractivity contribution in [1.82, 2.24) is 10.2 Å². The number of alkyl halides is 3. The summed E-state index contributed by atoms with van der Waals surface area (Å²) in [4.78, 5) is 14.9. The highest BCUT2D eigenvalue weighted by Gasteiger charge is 2.31. The Morgan fingerprint density at radius 2 is 1.71 bits per heavy atom. The van der Waals surface area contributed by atoms with Gasteiger partial charge in [-0.15, -0.1) is 13.2 Å². The summed E-state index contributed by atoms with van der Waals surface area (Å²) in [5.41, 5.74) is 1.22. The Labute approximate surface area is 161 Å². The summed E-state index contributed by atoms with van der Waals surface area (Å²) in [5.74, 6) is -0.724. The van der Waals surface area contributed by atoms with Crippen molar-refractivity contribution >= 4 is 5.91 Å². The van der Waals surface area contributed by atoms with Crippen molar-refractivity contribution < 1.29 is 27.4 Å². The van der Waals surface area contributed by atoms with Gasteiger partial charge in [0, 0.05) is 25.2 Å². The largest absolute Gasteiger partial charge is 0.573 e. The smallest absolute Gasteiger partial charge is 0.406 e. The van der Waals surface area contributed by atoms with Gasteiger partial charge >= 0.3 is 6.36 Å². The van der Waals surface area contributed by atoms with Crippen LogP contribution in [0.4, 0.5) is 13.2 Å². The van der Waals surface area contributed by atoms with E-state index in [1.807, 2.05) is 30.3 Å². The van der Waals surface area contributed by atoms with Crippen LogP contribution >= 0.6 is 0 Å². The van der Waals surface area contributed by atoms with E-state index < -0.39 is 6.36 Å². The summed E-state index contributed by atoms with van der Waals surface area (Å²) in [6.07, 6.45) is -4.76. The molecule has 0 aliphatic carbocycles. The molecule has 0 unspecified atom stereocenters. The number of benzene rings is 2. The molecule has 1 aliphatic rings. The first kappa shape index (κ1) is 20.2. The second-order valence-corrected chi connectivity index (χ2v) is 6.42. The van der Waals surface area contributed by atoms with E-state index in [-0.39, 0.29) is 23.3 Å². The number of rotatable bonds is 6. The molecule has 1 atom stereocenters. The van der Waals surface area contributed by atoms with Gasteiger partial charge in [-0.3, -0.25) is 9.69 Å². The number of carbonyl (C=O) groups is 1. The predicted molar refractivity (Wildman–Crippen MR) is 97.0 cm³/mol. The molecule has 0 saturated carbocycles. The molecule has 1 fully saturated rings. The third kappa shape index (κ3) is 5.97. The molecule has 1 heterocycles. The van der Waals surface area contributed by atoms with E-state index in [4.69, 9.17) is 4.74 Å². The zero-order valence-electron chi connectivity index (χ0n) is 15.1. The van der Waals surface area contributed by atoms with Gasteiger partial charge in [-0.25, -0.2) is 0 Å². The zero-order chi connectivity index (χ0) is 20.0. The lowest BCUT2D eigenvalue weighted by atomic mass is 10.1. The summed E-state index contributed by atoms with van der Waals surface area (Å²) < 4.78 is 46.0. The van der Waals surface area contributed by atoms with Crippen molar-refractivity contribution in [3.05, 3.63) is 65.7 Å². The lowest BCUT2D eigenvalue weighted by Crippen LogP contribution is -2.43. The van der Waals surface area contributed by atoms with Gasteiger partial charge in [0.25, 0.3) is 5.91 Å². The molecule has 150 valence electrons. The molecule has 1 aliphatic heterocycles. The lowest BCUT2D eigenvalue weighted by molar-refractivity contribution is -0.274. The van der Waals surface area contributed by atoms with Gasteiger partial charge in [0.15, 0.2) is 0 Å². The molecule has 2 aromatic rings. The number of hydrogen-bond acceptors (Lipinski definition) is 4. The van der Waals surface area contributed by atoms with E-state index in [0.29, 0.717) is 19.8 Å². The Bertz CT molecular complexity index is 761. The SMILES string of the molecule is O=C(N[C@H](CN1CCOCC1)c1ccccc1)c1ccc(OC(F)(F)F)cc1. The molecule has 1 saturated heterocycles. The van der Waals surface area contributed by atoms with Crippen molar-refractivity contribution in [3.63, 3.8) is 0 Å². The van der Waals surface area contributed by atoms with E-state index in [2.05, 4.69) is 15.0 Å². The molecule has 5 nitrogen and oxygen atoms in total. The number of nitrogens with zero attached hydrogens (tertiary/aromatic N) is 1. The minimum atomic E-state index is -4.76. The average molecular weight is 394 g/mol. The van der Waals surface area contributed by atoms with Crippen molar-refractivity contribution in [2.24, 2.45) is 0 Å². The van der Waals surface area contributed by atoms with E-state index in [0.717, 1.165) is 30.8 Å². The summed E-state index contributed by atoms with van der Waals surface area (Å²) >= 11 is 0. The Morgan fingerprint density at radius 1 is 1.07 bits per heavy atom. The fourth-order valence-corrected chi connectivity index (χ4v) is 3.01. The molecule has 8 heteroatoms. The molecule has 3 rings (SSSR count). The summed E-state index contributed by atoms with van der Waals surface area (Å²) in [5, 5.41) is 2.98. The van der Waals surface area contributed by atoms with Gasteiger partial charge in [-0.05, 0) is 29.8 Å². The minimum absolute atomic E-state index is 0.252. The van der Waals surface area contributed by atoms with Crippen LogP contribution in [0.5, 0.6) is 5.75 Å². The molecular weight excluding hydrogens is 373 g/mol. The second kappa shape index (κ2) is 9.07. The molecule has 0 aromatic heterocycles. The number of ether oxygens (including phenoxy) is 2. The van der Waals surface area contributed by atoms with Crippen molar-refractivity contribution in [2.75, 3.05) is 32.8 Å². The van der Waals surface area contributed by atoms with Gasteiger partial charge in [-0.1, -0.05) is 30.3 Å². The fourth-order valence-electron chi connectivity index (χ4n) is 3.01. The van der Waals surface area contributed by atoms with Crippen LogP contribution in [0, 0.1) is 0 Å². The maximum atomic E-state index is 12.6. The van der Waals surface area contributed by atoms with Gasteiger partial charge < -0.3 is 14.8 Å². The highest BCUT2D eigenvalue weighted by atomic mass is 19.4. The molecule has 28 heavy (non-hydrogen) atoms. The van der Waals surface area contributed by atoms with Crippen LogP contribution < -0.4 is 10.1 Å². The molecule has 0 spiro atoms. The standard InChI is InChI=1S/C20H21F3N2O3/c21-20(22,23)28-17-8-6-16(7-9-17)19(26)24-18(15-4-2-1-3-5-15)14-25-10-12-27-13-11-25/h1-9,18H,10-14H2,(H,24,26)/t18-/m1/s1. The quantitative estimate of drug-likeness (QED) is 0.816. The summed E-state index contributed by atoms with van der Waals surface area (Å²) in [6, 6.07) is 14.2. The van der Waals surface area contributed by atoms with E-state index in [1.165, 1.54) is 12.1 Å². The fraction of sp³-hybridized carbons (Fsp3) is 0.350. The minimum Gasteiger partial charge on any atom is -0.406 e. The second-order valence-electron chi connectivity index (χ2n) is 6.42. The van der Waals surface area contributed by atoms with E-state index >= 15 is 0 Å². The molecular formula is C20H21F3N2O3. The van der Waals surface area contributed by atoms with Crippen molar-refractivity contribution in [2.45, 2.75) is 12.4 Å². The van der Waals surface area contributed by atoms with E-state index in [1.54, 1.807) is 0 Å². The van der Waals surface area contributed by atoms with Crippen LogP contribution in [0.25, 0.3) is 0 Å². The third-order valence-corrected chi connectivity index (χ3v) is 4.40. The van der Waals surface area contributed by atoms with Crippen LogP contribution in [0.1, 0.15) is 22.0 Å². The maximum absolute atomic E-state index is 12.6. The normalized spacial score (nSPS) is 16.4. The molecule has 2 aromatic carbocycles. The van der Waals surface area contributed by atoms with Crippen molar-refractivity contribution in [1.29, 1.82) is 0 Å². The van der Waals surface area contributed by atoms with Crippen LogP contribution in [-0.2, 0) is 4.74 Å². The number of amides is 1. The van der Waals surface area contributed by atoms with Crippen LogP contribution in [0.3, 0.4) is 0 Å². The highest BCUT2D eigenvalue weighted by molar-refractivity contribution is 5.94. The van der Waals surface area contributed by atoms with Gasteiger partial charge in [0.1, 0.15) is 5.75 Å². The number of morpholine rings is 1. The number of halogens is 3. The Morgan fingerprint density at radius 3 is 2.32 bits per heavy atom. The first-order valence-corrected chi connectivity index (χ1v) is 8.92. The topological polar surface area (TPSA) is 50.8 Å². The summed E-state index contributed by atoms with van der Waals surface area (Å²) in [6.45, 7) is 3.48. The molecule has 1 amide bonds. The zero-order valence-corrected chi connectivity index (χ0v) is 15.1. The predicted octanol–water partition coefficient (Wildman–Crippen LogP) is 3.39. The van der Waals surface area contributed by atoms with Gasteiger partial charge in [0.05, 0.1) is 19.3 Å². The first-order chi connectivity index (χ1) is 13.4. The summed E-state index contributed by atoms with van der Waals surface area (Å²) in [7, 11) is 0. The Balaban J connectivity index is 1.69. The monoisotopic (exact) mass is 394 g/mol. The van der Waals surface area contributed by atoms with Crippen LogP contribution in [0.15, 0.2) is 54.6 Å². The maximum Gasteiger partial charge on any atom is 0.573 e. The van der Waals surface area contributed by atoms with E-state index in [9.17, 15) is 18.0 Å². The van der Waals surface area contributed by atoms with Gasteiger partial charge in [-0.2, -0.15) is 0 Å². The van der Waals surface area contributed by atoms with Crippen LogP contribution in [0.2, 0.25) is 0 Å². The molecule has 0 radical (unpaired) electrons. The van der Waals surface area contributed by atoms with Gasteiger partial charge in [0.2, 0.25) is 0 Å². The van der Waals surface area contributed by atoms with Crippen molar-refractivity contribution in [3.8, 4) is 5.75 Å². The number of hydrogen-bond donors (Lipinski definition) is 1. The lowest BCUT2D eigenvalue weighted by Gasteiger charge is -2.31. The molecule has 1 N–H and O–H groups in total. The third-order valence-electron chi connectivity index (χ3n) is 4.40. The molecule has 0 bridgehead atoms. The number of carbonyl (C=O) groups excluding carboxylic acids is 1. The Kier molecular flexibility index (Phi) is 6.53. The number of nitrogens with one attached hydrogen (secondary N) is 1. The Hall–Kier alpha value is -2.58. The average Bonchev–Trinajstić information content (AvgIpc) is 2.68.